The molecule has 0 radical (unpaired) electrons. The molecule has 0 saturated heterocycles. The van der Waals surface area contributed by atoms with Gasteiger partial charge in [-0.05, 0) is 37.1 Å². The van der Waals surface area contributed by atoms with Gasteiger partial charge in [0, 0.05) is 6.54 Å². The minimum absolute atomic E-state index is 0.516. The van der Waals surface area contributed by atoms with Crippen LogP contribution in [0.2, 0.25) is 0 Å². The Morgan fingerprint density at radius 3 is 2.62 bits per heavy atom. The van der Waals surface area contributed by atoms with Crippen LogP contribution in [0.5, 0.6) is 5.75 Å². The minimum Gasteiger partial charge on any atom is -0.494 e. The number of para-hydroxylation sites is 3. The number of nitrogens with zero attached hydrogens (tertiary/aromatic N) is 2. The molecule has 0 aliphatic rings. The molecule has 3 aromatic rings. The zero-order valence-corrected chi connectivity index (χ0v) is 14.1. The maximum Gasteiger partial charge on any atom is 0.138 e. The molecule has 1 heterocycles. The van der Waals surface area contributed by atoms with E-state index in [1.165, 1.54) is 0 Å². The number of hydrogen-bond acceptors (Lipinski definition) is 3. The van der Waals surface area contributed by atoms with Gasteiger partial charge >= 0.3 is 0 Å². The standard InChI is InChI=1S/C20H24N2O2/c1-2-9-19(23)20-21-17-12-6-7-13-18(17)22(20)14-8-15-24-16-10-4-3-5-11-16/h3-7,10-13,19,23H,2,8-9,14-15H2,1H3. The molecule has 0 aliphatic carbocycles. The van der Waals surface area contributed by atoms with Crippen molar-refractivity contribution in [2.24, 2.45) is 0 Å². The summed E-state index contributed by atoms with van der Waals surface area (Å²) >= 11 is 0. The largest absolute Gasteiger partial charge is 0.494 e. The summed E-state index contributed by atoms with van der Waals surface area (Å²) in [6, 6.07) is 17.9. The number of hydrogen-bond donors (Lipinski definition) is 1. The fourth-order valence-electron chi connectivity index (χ4n) is 2.92. The molecule has 1 N–H and O–H groups in total. The normalized spacial score (nSPS) is 12.4. The smallest absolute Gasteiger partial charge is 0.138 e. The summed E-state index contributed by atoms with van der Waals surface area (Å²) in [4.78, 5) is 4.64. The van der Waals surface area contributed by atoms with E-state index in [4.69, 9.17) is 4.74 Å². The second-order valence-corrected chi connectivity index (χ2v) is 5.93. The summed E-state index contributed by atoms with van der Waals surface area (Å²) in [5, 5.41) is 10.4. The van der Waals surface area contributed by atoms with E-state index < -0.39 is 6.10 Å². The highest BCUT2D eigenvalue weighted by atomic mass is 16.5. The van der Waals surface area contributed by atoms with Crippen molar-refractivity contribution in [3.8, 4) is 5.75 Å². The van der Waals surface area contributed by atoms with Crippen molar-refractivity contribution in [1.29, 1.82) is 0 Å². The summed E-state index contributed by atoms with van der Waals surface area (Å²) in [6.45, 7) is 3.49. The van der Waals surface area contributed by atoms with Crippen molar-refractivity contribution in [3.05, 3.63) is 60.4 Å². The molecular formula is C20H24N2O2. The maximum absolute atomic E-state index is 10.4. The first-order valence-corrected chi connectivity index (χ1v) is 8.60. The Balaban J connectivity index is 1.71. The first kappa shape index (κ1) is 16.5. The summed E-state index contributed by atoms with van der Waals surface area (Å²) in [7, 11) is 0. The van der Waals surface area contributed by atoms with Crippen molar-refractivity contribution >= 4 is 11.0 Å². The van der Waals surface area contributed by atoms with Gasteiger partial charge < -0.3 is 14.4 Å². The summed E-state index contributed by atoms with van der Waals surface area (Å²) in [5.74, 6) is 1.65. The lowest BCUT2D eigenvalue weighted by Crippen LogP contribution is -2.11. The van der Waals surface area contributed by atoms with Crippen molar-refractivity contribution in [3.63, 3.8) is 0 Å². The lowest BCUT2D eigenvalue weighted by atomic mass is 10.2. The zero-order valence-electron chi connectivity index (χ0n) is 14.1. The molecule has 0 fully saturated rings. The number of aromatic nitrogens is 2. The third-order valence-electron chi connectivity index (χ3n) is 4.08. The van der Waals surface area contributed by atoms with Crippen LogP contribution >= 0.6 is 0 Å². The molecule has 3 rings (SSSR count). The lowest BCUT2D eigenvalue weighted by Gasteiger charge is -2.14. The highest BCUT2D eigenvalue weighted by molar-refractivity contribution is 5.76. The maximum atomic E-state index is 10.4. The Bertz CT molecular complexity index is 768. The van der Waals surface area contributed by atoms with Gasteiger partial charge in [-0.25, -0.2) is 4.98 Å². The predicted molar refractivity (Wildman–Crippen MR) is 96.2 cm³/mol. The van der Waals surface area contributed by atoms with Crippen molar-refractivity contribution in [2.45, 2.75) is 38.8 Å². The van der Waals surface area contributed by atoms with Gasteiger partial charge in [-0.2, -0.15) is 0 Å². The lowest BCUT2D eigenvalue weighted by molar-refractivity contribution is 0.152. The minimum atomic E-state index is -0.516. The van der Waals surface area contributed by atoms with Gasteiger partial charge in [0.25, 0.3) is 0 Å². The Kier molecular flexibility index (Phi) is 5.49. The van der Waals surface area contributed by atoms with Gasteiger partial charge in [-0.15, -0.1) is 0 Å². The van der Waals surface area contributed by atoms with Crippen LogP contribution in [0.4, 0.5) is 0 Å². The second kappa shape index (κ2) is 7.97. The van der Waals surface area contributed by atoms with Crippen LogP contribution in [0, 0.1) is 0 Å². The molecule has 0 amide bonds. The Hall–Kier alpha value is -2.33. The SMILES string of the molecule is CCCC(O)c1nc2ccccc2n1CCCOc1ccccc1. The third-order valence-corrected chi connectivity index (χ3v) is 4.08. The average molecular weight is 324 g/mol. The monoisotopic (exact) mass is 324 g/mol. The molecule has 1 aromatic heterocycles. The first-order valence-electron chi connectivity index (χ1n) is 8.60. The number of imidazole rings is 1. The Morgan fingerprint density at radius 2 is 1.83 bits per heavy atom. The molecule has 1 unspecified atom stereocenters. The number of ether oxygens (including phenoxy) is 1. The van der Waals surface area contributed by atoms with Crippen LogP contribution in [-0.2, 0) is 6.54 Å². The van der Waals surface area contributed by atoms with Crippen molar-refractivity contribution in [1.82, 2.24) is 9.55 Å². The predicted octanol–water partition coefficient (Wildman–Crippen LogP) is 4.34. The molecule has 126 valence electrons. The first-order chi connectivity index (χ1) is 11.8. The van der Waals surface area contributed by atoms with Crippen LogP contribution in [-0.4, -0.2) is 21.3 Å². The van der Waals surface area contributed by atoms with E-state index in [-0.39, 0.29) is 0 Å². The number of benzene rings is 2. The number of aryl methyl sites for hydroxylation is 1. The molecule has 4 heteroatoms. The van der Waals surface area contributed by atoms with E-state index in [1.807, 2.05) is 48.5 Å². The average Bonchev–Trinajstić information content (AvgIpc) is 2.99. The molecular weight excluding hydrogens is 300 g/mol. The summed E-state index contributed by atoms with van der Waals surface area (Å²) < 4.78 is 7.90. The van der Waals surface area contributed by atoms with Gasteiger partial charge in [-0.3, -0.25) is 0 Å². The molecule has 4 nitrogen and oxygen atoms in total. The van der Waals surface area contributed by atoms with Crippen LogP contribution < -0.4 is 4.74 Å². The number of aliphatic hydroxyl groups excluding tert-OH is 1. The van der Waals surface area contributed by atoms with Gasteiger partial charge in [-0.1, -0.05) is 43.7 Å². The quantitative estimate of drug-likeness (QED) is 0.627. The number of fused-ring (bicyclic) bond motifs is 1. The zero-order chi connectivity index (χ0) is 16.8. The number of aliphatic hydroxyl groups is 1. The van der Waals surface area contributed by atoms with E-state index >= 15 is 0 Å². The summed E-state index contributed by atoms with van der Waals surface area (Å²) in [5.41, 5.74) is 2.01. The highest BCUT2D eigenvalue weighted by Crippen LogP contribution is 2.24. The van der Waals surface area contributed by atoms with Gasteiger partial charge in [0.15, 0.2) is 0 Å². The van der Waals surface area contributed by atoms with Gasteiger partial charge in [0.2, 0.25) is 0 Å². The van der Waals surface area contributed by atoms with E-state index in [2.05, 4.69) is 22.5 Å². The molecule has 0 aliphatic heterocycles. The van der Waals surface area contributed by atoms with E-state index in [0.717, 1.165) is 48.4 Å². The van der Waals surface area contributed by atoms with Crippen molar-refractivity contribution < 1.29 is 9.84 Å². The van der Waals surface area contributed by atoms with Crippen LogP contribution in [0.3, 0.4) is 0 Å². The molecule has 0 spiro atoms. The van der Waals surface area contributed by atoms with Crippen LogP contribution in [0.25, 0.3) is 11.0 Å². The van der Waals surface area contributed by atoms with E-state index in [9.17, 15) is 5.11 Å². The Morgan fingerprint density at radius 1 is 1.08 bits per heavy atom. The van der Waals surface area contributed by atoms with Crippen molar-refractivity contribution in [2.75, 3.05) is 6.61 Å². The highest BCUT2D eigenvalue weighted by Gasteiger charge is 2.17. The molecule has 24 heavy (non-hydrogen) atoms. The molecule has 2 aromatic carbocycles. The second-order valence-electron chi connectivity index (χ2n) is 5.93. The van der Waals surface area contributed by atoms with Crippen LogP contribution in [0.15, 0.2) is 54.6 Å². The topological polar surface area (TPSA) is 47.3 Å². The molecule has 0 saturated carbocycles. The van der Waals surface area contributed by atoms with Gasteiger partial charge in [0.1, 0.15) is 17.7 Å². The Labute approximate surface area is 142 Å². The fraction of sp³-hybridized carbons (Fsp3) is 0.350. The molecule has 0 bridgehead atoms. The third kappa shape index (κ3) is 3.77. The van der Waals surface area contributed by atoms with E-state index in [0.29, 0.717) is 6.61 Å². The fourth-order valence-corrected chi connectivity index (χ4v) is 2.92. The van der Waals surface area contributed by atoms with Crippen LogP contribution in [0.1, 0.15) is 38.1 Å². The van der Waals surface area contributed by atoms with E-state index in [1.54, 1.807) is 0 Å². The summed E-state index contributed by atoms with van der Waals surface area (Å²) in [6.07, 6.45) is 2.00. The number of rotatable bonds is 8. The molecule has 1 atom stereocenters. The van der Waals surface area contributed by atoms with Gasteiger partial charge in [0.05, 0.1) is 17.6 Å².